The topological polar surface area (TPSA) is 76.7 Å². The monoisotopic (exact) mass is 302 g/mol. The zero-order valence-corrected chi connectivity index (χ0v) is 12.6. The van der Waals surface area contributed by atoms with E-state index in [-0.39, 0.29) is 24.4 Å². The lowest BCUT2D eigenvalue weighted by Crippen LogP contribution is -2.44. The van der Waals surface area contributed by atoms with E-state index in [4.69, 9.17) is 9.47 Å². The second-order valence-electron chi connectivity index (χ2n) is 5.65. The Morgan fingerprint density at radius 1 is 1.36 bits per heavy atom. The number of hydrogen-bond donors (Lipinski definition) is 2. The standard InChI is InChI=1S/C16H18N2O4/c1-9(2)16(20)21-7-10-3-4-13-11(5-10)6-12-14(19)17-8-18-15(12)22-13/h3-5,9,18H,6-8H2,1-2H3,(H,17,19). The van der Waals surface area contributed by atoms with Gasteiger partial charge >= 0.3 is 5.97 Å². The molecule has 0 saturated heterocycles. The molecule has 0 bridgehead atoms. The first-order valence-corrected chi connectivity index (χ1v) is 7.26. The molecule has 0 aromatic heterocycles. The molecule has 6 heteroatoms. The van der Waals surface area contributed by atoms with Gasteiger partial charge in [0.05, 0.1) is 18.2 Å². The van der Waals surface area contributed by atoms with Gasteiger partial charge in [0, 0.05) is 12.0 Å². The van der Waals surface area contributed by atoms with E-state index in [9.17, 15) is 9.59 Å². The van der Waals surface area contributed by atoms with Crippen molar-refractivity contribution in [1.29, 1.82) is 0 Å². The van der Waals surface area contributed by atoms with Crippen molar-refractivity contribution >= 4 is 11.9 Å². The lowest BCUT2D eigenvalue weighted by atomic mass is 9.99. The van der Waals surface area contributed by atoms with Crippen molar-refractivity contribution in [3.8, 4) is 5.75 Å². The number of amides is 1. The minimum absolute atomic E-state index is 0.115. The highest BCUT2D eigenvalue weighted by atomic mass is 16.5. The second kappa shape index (κ2) is 5.71. The third-order valence-corrected chi connectivity index (χ3v) is 3.60. The Morgan fingerprint density at radius 3 is 2.95 bits per heavy atom. The second-order valence-corrected chi connectivity index (χ2v) is 5.65. The molecule has 1 amide bonds. The Morgan fingerprint density at radius 2 is 2.18 bits per heavy atom. The fraction of sp³-hybridized carbons (Fsp3) is 0.375. The molecule has 2 aliphatic heterocycles. The first-order valence-electron chi connectivity index (χ1n) is 7.26. The van der Waals surface area contributed by atoms with Crippen molar-refractivity contribution in [2.45, 2.75) is 26.9 Å². The van der Waals surface area contributed by atoms with Gasteiger partial charge in [-0.1, -0.05) is 19.9 Å². The highest BCUT2D eigenvalue weighted by Gasteiger charge is 2.27. The molecule has 2 aliphatic rings. The minimum atomic E-state index is -0.227. The number of hydrogen-bond acceptors (Lipinski definition) is 5. The van der Waals surface area contributed by atoms with Gasteiger partial charge in [0.1, 0.15) is 12.4 Å². The van der Waals surface area contributed by atoms with Crippen molar-refractivity contribution in [3.05, 3.63) is 40.8 Å². The maximum Gasteiger partial charge on any atom is 0.308 e. The van der Waals surface area contributed by atoms with Crippen LogP contribution in [-0.2, 0) is 27.4 Å². The highest BCUT2D eigenvalue weighted by molar-refractivity contribution is 5.95. The summed E-state index contributed by atoms with van der Waals surface area (Å²) in [7, 11) is 0. The summed E-state index contributed by atoms with van der Waals surface area (Å²) < 4.78 is 10.9. The van der Waals surface area contributed by atoms with Gasteiger partial charge in [0.15, 0.2) is 0 Å². The number of carbonyl (C=O) groups excluding carboxylic acids is 2. The van der Waals surface area contributed by atoms with E-state index >= 15 is 0 Å². The molecule has 0 spiro atoms. The minimum Gasteiger partial charge on any atom is -0.461 e. The fourth-order valence-electron chi connectivity index (χ4n) is 2.36. The zero-order chi connectivity index (χ0) is 15.7. The summed E-state index contributed by atoms with van der Waals surface area (Å²) in [4.78, 5) is 23.4. The van der Waals surface area contributed by atoms with Gasteiger partial charge in [-0.25, -0.2) is 0 Å². The maximum absolute atomic E-state index is 11.9. The molecule has 6 nitrogen and oxygen atoms in total. The van der Waals surface area contributed by atoms with Gasteiger partial charge in [0.2, 0.25) is 5.88 Å². The van der Waals surface area contributed by atoms with E-state index < -0.39 is 0 Å². The summed E-state index contributed by atoms with van der Waals surface area (Å²) in [5, 5.41) is 5.74. The van der Waals surface area contributed by atoms with Crippen LogP contribution in [0.3, 0.4) is 0 Å². The number of ether oxygens (including phenoxy) is 2. The van der Waals surface area contributed by atoms with E-state index in [0.29, 0.717) is 24.5 Å². The normalized spacial score (nSPS) is 16.2. The SMILES string of the molecule is CC(C)C(=O)OCc1ccc2c(c1)CC1=C(NCNC1=O)O2. The van der Waals surface area contributed by atoms with Crippen molar-refractivity contribution in [3.63, 3.8) is 0 Å². The van der Waals surface area contributed by atoms with Gasteiger partial charge in [-0.05, 0) is 17.7 Å². The number of carbonyl (C=O) groups is 2. The lowest BCUT2D eigenvalue weighted by molar-refractivity contribution is -0.148. The predicted molar refractivity (Wildman–Crippen MR) is 78.6 cm³/mol. The fourth-order valence-corrected chi connectivity index (χ4v) is 2.36. The molecule has 3 rings (SSSR count). The van der Waals surface area contributed by atoms with Crippen molar-refractivity contribution in [2.75, 3.05) is 6.67 Å². The highest BCUT2D eigenvalue weighted by Crippen LogP contribution is 2.31. The van der Waals surface area contributed by atoms with Crippen LogP contribution in [0.15, 0.2) is 29.7 Å². The number of fused-ring (bicyclic) bond motifs is 1. The van der Waals surface area contributed by atoms with E-state index in [1.54, 1.807) is 13.8 Å². The van der Waals surface area contributed by atoms with Crippen LogP contribution in [-0.4, -0.2) is 18.5 Å². The summed E-state index contributed by atoms with van der Waals surface area (Å²) in [6, 6.07) is 5.61. The van der Waals surface area contributed by atoms with Crippen molar-refractivity contribution in [2.24, 2.45) is 5.92 Å². The lowest BCUT2D eigenvalue weighted by Gasteiger charge is -2.27. The van der Waals surface area contributed by atoms with Crippen LogP contribution in [0.5, 0.6) is 5.75 Å². The summed E-state index contributed by atoms with van der Waals surface area (Å²) >= 11 is 0. The molecule has 116 valence electrons. The largest absolute Gasteiger partial charge is 0.461 e. The van der Waals surface area contributed by atoms with Crippen LogP contribution in [0.2, 0.25) is 0 Å². The average Bonchev–Trinajstić information content (AvgIpc) is 2.51. The van der Waals surface area contributed by atoms with Crippen molar-refractivity contribution in [1.82, 2.24) is 10.6 Å². The Kier molecular flexibility index (Phi) is 3.75. The molecule has 0 saturated carbocycles. The Hall–Kier alpha value is -2.50. The molecule has 2 N–H and O–H groups in total. The number of benzene rings is 1. The number of rotatable bonds is 3. The summed E-state index contributed by atoms with van der Waals surface area (Å²) in [6.07, 6.45) is 0.496. The summed E-state index contributed by atoms with van der Waals surface area (Å²) in [5.41, 5.74) is 2.38. The summed E-state index contributed by atoms with van der Waals surface area (Å²) in [5.74, 6) is 0.756. The Labute approximate surface area is 128 Å². The molecule has 0 unspecified atom stereocenters. The van der Waals surface area contributed by atoms with E-state index in [2.05, 4.69) is 10.6 Å². The molecule has 2 heterocycles. The third kappa shape index (κ3) is 2.77. The smallest absolute Gasteiger partial charge is 0.308 e. The average molecular weight is 302 g/mol. The number of esters is 1. The number of nitrogens with one attached hydrogen (secondary N) is 2. The molecule has 22 heavy (non-hydrogen) atoms. The summed E-state index contributed by atoms with van der Waals surface area (Å²) in [6.45, 7) is 4.19. The zero-order valence-electron chi connectivity index (χ0n) is 12.6. The first kappa shape index (κ1) is 14.4. The Balaban J connectivity index is 1.75. The molecule has 0 radical (unpaired) electrons. The van der Waals surface area contributed by atoms with Crippen molar-refractivity contribution < 1.29 is 19.1 Å². The quantitative estimate of drug-likeness (QED) is 0.821. The van der Waals surface area contributed by atoms with Crippen LogP contribution in [0.4, 0.5) is 0 Å². The van der Waals surface area contributed by atoms with Gasteiger partial charge in [-0.2, -0.15) is 0 Å². The maximum atomic E-state index is 11.9. The van der Waals surface area contributed by atoms with Gasteiger partial charge in [-0.3, -0.25) is 9.59 Å². The van der Waals surface area contributed by atoms with Gasteiger partial charge < -0.3 is 20.1 Å². The van der Waals surface area contributed by atoms with E-state index in [1.165, 1.54) is 0 Å². The molecule has 1 aromatic carbocycles. The molecule has 1 aromatic rings. The van der Waals surface area contributed by atoms with E-state index in [1.807, 2.05) is 18.2 Å². The first-order chi connectivity index (χ1) is 10.5. The predicted octanol–water partition coefficient (Wildman–Crippen LogP) is 1.21. The molecular weight excluding hydrogens is 284 g/mol. The van der Waals surface area contributed by atoms with Gasteiger partial charge in [0.25, 0.3) is 5.91 Å². The van der Waals surface area contributed by atoms with Crippen LogP contribution in [0.25, 0.3) is 0 Å². The van der Waals surface area contributed by atoms with E-state index in [0.717, 1.165) is 16.9 Å². The molecule has 0 atom stereocenters. The molecular formula is C16H18N2O4. The molecule has 0 fully saturated rings. The van der Waals surface area contributed by atoms with Crippen LogP contribution < -0.4 is 15.4 Å². The van der Waals surface area contributed by atoms with Crippen LogP contribution >= 0.6 is 0 Å². The third-order valence-electron chi connectivity index (χ3n) is 3.60. The molecule has 0 aliphatic carbocycles. The Bertz CT molecular complexity index is 664. The van der Waals surface area contributed by atoms with Crippen LogP contribution in [0.1, 0.15) is 25.0 Å². The van der Waals surface area contributed by atoms with Crippen LogP contribution in [0, 0.1) is 5.92 Å². The van der Waals surface area contributed by atoms with Gasteiger partial charge in [-0.15, -0.1) is 0 Å².